The lowest BCUT2D eigenvalue weighted by atomic mass is 9.45. The van der Waals surface area contributed by atoms with Crippen molar-refractivity contribution in [3.8, 4) is 16.9 Å². The van der Waals surface area contributed by atoms with Crippen molar-refractivity contribution >= 4 is 17.5 Å². The number of ether oxygens (including phenoxy) is 1. The Labute approximate surface area is 361 Å². The van der Waals surface area contributed by atoms with Gasteiger partial charge in [0.2, 0.25) is 5.91 Å². The summed E-state index contributed by atoms with van der Waals surface area (Å²) in [4.78, 5) is 39.3. The van der Waals surface area contributed by atoms with Crippen molar-refractivity contribution < 1.29 is 29.4 Å². The van der Waals surface area contributed by atoms with Gasteiger partial charge in [-0.3, -0.25) is 14.4 Å². The third-order valence-electron chi connectivity index (χ3n) is 14.3. The van der Waals surface area contributed by atoms with E-state index in [1.54, 1.807) is 19.1 Å². The van der Waals surface area contributed by atoms with E-state index < -0.39 is 24.2 Å². The molecular formula is C49H79N5O6. The van der Waals surface area contributed by atoms with Gasteiger partial charge in [-0.15, -0.1) is 0 Å². The number of nitrogens with zero attached hydrogens (tertiary/aromatic N) is 3. The Kier molecular flexibility index (Phi) is 15.5. The van der Waals surface area contributed by atoms with Crippen LogP contribution in [0, 0.1) is 35.0 Å². The molecule has 1 heterocycles. The van der Waals surface area contributed by atoms with Crippen LogP contribution >= 0.6 is 0 Å². The zero-order valence-corrected chi connectivity index (χ0v) is 39.4. The number of carbonyl (C=O) groups excluding carboxylic acids is 2. The smallest absolute Gasteiger partial charge is 0.251 e. The molecule has 0 radical (unpaired) electrons. The summed E-state index contributed by atoms with van der Waals surface area (Å²) in [5, 5.41) is 30.1. The molecule has 11 heteroatoms. The second-order valence-corrected chi connectivity index (χ2v) is 20.8. The normalized spacial score (nSPS) is 26.6. The van der Waals surface area contributed by atoms with Gasteiger partial charge >= 0.3 is 0 Å². The minimum Gasteiger partial charge on any atom is -0.496 e. The van der Waals surface area contributed by atoms with Gasteiger partial charge in [-0.2, -0.15) is 5.06 Å². The molecule has 4 aliphatic rings. The van der Waals surface area contributed by atoms with Crippen LogP contribution in [-0.2, 0) is 21.6 Å². The van der Waals surface area contributed by atoms with E-state index in [4.69, 9.17) is 9.57 Å². The summed E-state index contributed by atoms with van der Waals surface area (Å²) in [6, 6.07) is 9.41. The molecule has 3 saturated carbocycles. The number of hydrogen-bond acceptors (Lipinski definition) is 9. The largest absolute Gasteiger partial charge is 0.496 e. The average Bonchev–Trinajstić information content (AvgIpc) is 3.55. The van der Waals surface area contributed by atoms with Crippen molar-refractivity contribution in [2.45, 2.75) is 143 Å². The zero-order valence-electron chi connectivity index (χ0n) is 39.4. The maximum absolute atomic E-state index is 14.5. The third kappa shape index (κ3) is 10.5. The quantitative estimate of drug-likeness (QED) is 0.123. The van der Waals surface area contributed by atoms with E-state index in [2.05, 4.69) is 89.1 Å². The highest BCUT2D eigenvalue weighted by Crippen LogP contribution is 2.61. The molecule has 60 heavy (non-hydrogen) atoms. The van der Waals surface area contributed by atoms with Crippen LogP contribution in [0.2, 0.25) is 0 Å². The van der Waals surface area contributed by atoms with Crippen molar-refractivity contribution in [1.82, 2.24) is 20.6 Å². The van der Waals surface area contributed by atoms with Crippen molar-refractivity contribution in [3.63, 3.8) is 0 Å². The number of amides is 2. The summed E-state index contributed by atoms with van der Waals surface area (Å²) in [5.41, 5.74) is 4.94. The molecular weight excluding hydrogens is 755 g/mol. The molecule has 336 valence electrons. The van der Waals surface area contributed by atoms with E-state index in [0.717, 1.165) is 60.2 Å². The van der Waals surface area contributed by atoms with Gasteiger partial charge in [-0.1, -0.05) is 80.7 Å². The molecule has 10 atom stereocenters. The fourth-order valence-electron chi connectivity index (χ4n) is 10.5. The number of likely N-dealkylation sites (N-methyl/N-ethyl adjacent to an activating group) is 1. The third-order valence-corrected chi connectivity index (χ3v) is 14.3. The van der Waals surface area contributed by atoms with E-state index in [1.165, 1.54) is 12.8 Å². The molecule has 2 bridgehead atoms. The fraction of sp³-hybridized carbons (Fsp3) is 0.714. The van der Waals surface area contributed by atoms with Crippen LogP contribution < -0.4 is 20.3 Å². The van der Waals surface area contributed by atoms with E-state index >= 15 is 0 Å². The molecule has 2 aromatic rings. The van der Waals surface area contributed by atoms with Crippen molar-refractivity contribution in [1.29, 1.82) is 0 Å². The number of rotatable bonds is 18. The Balaban J connectivity index is 1.54. The summed E-state index contributed by atoms with van der Waals surface area (Å²) in [7, 11) is 9.69. The molecule has 2 amide bonds. The van der Waals surface area contributed by atoms with E-state index in [9.17, 15) is 19.8 Å². The molecule has 3 aliphatic carbocycles. The second kappa shape index (κ2) is 19.4. The van der Waals surface area contributed by atoms with Gasteiger partial charge in [0, 0.05) is 61.0 Å². The predicted molar refractivity (Wildman–Crippen MR) is 242 cm³/mol. The van der Waals surface area contributed by atoms with E-state index in [-0.39, 0.29) is 47.9 Å². The number of hydroxylamine groups is 2. The Morgan fingerprint density at radius 1 is 1.07 bits per heavy atom. The number of hydrogen-bond donors (Lipinski definition) is 4. The first-order chi connectivity index (χ1) is 28.1. The number of aliphatic hydroxyl groups excluding tert-OH is 2. The Hall–Kier alpha value is -3.22. The van der Waals surface area contributed by atoms with Gasteiger partial charge in [0.15, 0.2) is 0 Å². The lowest BCUT2D eigenvalue weighted by Gasteiger charge is -2.62. The number of methoxy groups -OCH3 is 1. The highest BCUT2D eigenvalue weighted by Gasteiger charge is 2.57. The van der Waals surface area contributed by atoms with Gasteiger partial charge in [0.25, 0.3) is 5.91 Å². The summed E-state index contributed by atoms with van der Waals surface area (Å²) >= 11 is 0. The fourth-order valence-corrected chi connectivity index (χ4v) is 10.5. The van der Waals surface area contributed by atoms with E-state index in [0.29, 0.717) is 35.0 Å². The maximum Gasteiger partial charge on any atom is 0.251 e. The summed E-state index contributed by atoms with van der Waals surface area (Å²) < 4.78 is 6.29. The molecule has 0 spiro atoms. The molecule has 1 aliphatic heterocycles. The number of benzene rings is 2. The van der Waals surface area contributed by atoms with Gasteiger partial charge in [-0.25, -0.2) is 0 Å². The van der Waals surface area contributed by atoms with Crippen LogP contribution in [0.3, 0.4) is 0 Å². The van der Waals surface area contributed by atoms with Crippen LogP contribution in [0.15, 0.2) is 30.3 Å². The lowest BCUT2D eigenvalue weighted by Crippen LogP contribution is -2.62. The number of nitrogens with one attached hydrogen (secondary N) is 2. The number of anilines is 1. The molecule has 1 saturated heterocycles. The first-order valence-electron chi connectivity index (χ1n) is 22.6. The number of unbranched alkanes of at least 4 members (excludes halogenated alkanes) is 1. The Morgan fingerprint density at radius 3 is 2.32 bits per heavy atom. The van der Waals surface area contributed by atoms with Gasteiger partial charge < -0.3 is 35.4 Å². The highest BCUT2D eigenvalue weighted by atomic mass is 16.7. The van der Waals surface area contributed by atoms with Crippen LogP contribution in [0.5, 0.6) is 5.75 Å². The minimum absolute atomic E-state index is 0.00569. The van der Waals surface area contributed by atoms with Crippen LogP contribution in [0.25, 0.3) is 11.1 Å². The van der Waals surface area contributed by atoms with Crippen molar-refractivity contribution in [2.24, 2.45) is 35.0 Å². The monoisotopic (exact) mass is 834 g/mol. The first kappa shape index (κ1) is 47.8. The number of fused-ring (bicyclic) bond motifs is 2. The standard InChI is InChI=1S/C49H79N5O6/c1-15-16-17-29(2)18-37(27-52(10)11)50-46(57)33-19-32(21-38(22-33)53(12)13)39-23-35(48(5,6)7)20-34(45(39)59-14)26-54-44(43(31(4)56)42(28-55)60-54)47(58)51-41-25-36-24-40(30(41)3)49(36,8)9/h19-23,29-31,36-37,40-44,55-56H,15-18,24-28H2,1-14H3,(H,50,57)(H,51,58)/t29?,30-,31-,36-,37-,40+,41-,42-,43+,44-/m0/s1. The second-order valence-electron chi connectivity index (χ2n) is 20.8. The van der Waals surface area contributed by atoms with Gasteiger partial charge in [0.1, 0.15) is 17.9 Å². The van der Waals surface area contributed by atoms with Crippen molar-refractivity contribution in [3.05, 3.63) is 47.0 Å². The van der Waals surface area contributed by atoms with Crippen molar-refractivity contribution in [2.75, 3.05) is 53.4 Å². The predicted octanol–water partition coefficient (Wildman–Crippen LogP) is 7.26. The highest BCUT2D eigenvalue weighted by molar-refractivity contribution is 5.97. The first-order valence-corrected chi connectivity index (χ1v) is 22.6. The zero-order chi connectivity index (χ0) is 44.4. The Bertz CT molecular complexity index is 1790. The lowest BCUT2D eigenvalue weighted by molar-refractivity contribution is -0.183. The topological polar surface area (TPSA) is 127 Å². The SMILES string of the molecule is CCCCC(C)C[C@@H](CN(C)C)NC(=O)c1cc(-c2cc(C(C)(C)C)cc(CN3O[C@@H](CO)[C@@H]([C@H](C)O)[C@H]3C(=O)N[C@H]3C[C@@H]4C[C@H]([C@@H]3C)C4(C)C)c2OC)cc(N(C)C)c1. The molecule has 0 aromatic heterocycles. The maximum atomic E-state index is 14.5. The average molecular weight is 834 g/mol. The van der Waals surface area contributed by atoms with Gasteiger partial charge in [0.05, 0.1) is 26.4 Å². The summed E-state index contributed by atoms with van der Waals surface area (Å²) in [6.07, 6.45) is 4.82. The van der Waals surface area contributed by atoms with Crippen LogP contribution in [0.1, 0.15) is 122 Å². The molecule has 4 fully saturated rings. The van der Waals surface area contributed by atoms with E-state index in [1.807, 2.05) is 45.2 Å². The summed E-state index contributed by atoms with van der Waals surface area (Å²) in [5.74, 6) is 1.57. The number of aliphatic hydroxyl groups is 2. The molecule has 2 aromatic carbocycles. The van der Waals surface area contributed by atoms with Crippen LogP contribution in [-0.4, -0.2) is 111 Å². The van der Waals surface area contributed by atoms with Crippen LogP contribution in [0.4, 0.5) is 5.69 Å². The minimum atomic E-state index is -0.910. The van der Waals surface area contributed by atoms with Gasteiger partial charge in [-0.05, 0) is 110 Å². The molecule has 1 unspecified atom stereocenters. The molecule has 4 N–H and O–H groups in total. The molecule has 6 rings (SSSR count). The molecule has 11 nitrogen and oxygen atoms in total. The number of carbonyl (C=O) groups is 2. The summed E-state index contributed by atoms with van der Waals surface area (Å²) in [6.45, 7) is 20.2. The Morgan fingerprint density at radius 2 is 1.77 bits per heavy atom.